The van der Waals surface area contributed by atoms with Gasteiger partial charge in [0.1, 0.15) is 0 Å². The van der Waals surface area contributed by atoms with E-state index in [2.05, 4.69) is 25.7 Å². The number of hydrogen-bond acceptors (Lipinski definition) is 2. The van der Waals surface area contributed by atoms with Crippen molar-refractivity contribution in [3.8, 4) is 0 Å². The molecule has 1 fully saturated rings. The molecule has 2 heteroatoms. The van der Waals surface area contributed by atoms with Gasteiger partial charge in [-0.3, -0.25) is 0 Å². The lowest BCUT2D eigenvalue weighted by Crippen LogP contribution is -2.38. The molecule has 1 rings (SSSR count). The Morgan fingerprint density at radius 3 is 2.47 bits per heavy atom. The highest BCUT2D eigenvalue weighted by Crippen LogP contribution is 2.24. The van der Waals surface area contributed by atoms with Gasteiger partial charge < -0.3 is 10.0 Å². The molecule has 0 bridgehead atoms. The molecular formula is C13H27NO. The van der Waals surface area contributed by atoms with Crippen LogP contribution in [0.25, 0.3) is 0 Å². The summed E-state index contributed by atoms with van der Waals surface area (Å²) < 4.78 is 0. The zero-order valence-electron chi connectivity index (χ0n) is 10.6. The summed E-state index contributed by atoms with van der Waals surface area (Å²) >= 11 is 0. The van der Waals surface area contributed by atoms with Gasteiger partial charge in [0, 0.05) is 12.6 Å². The van der Waals surface area contributed by atoms with E-state index in [0.717, 1.165) is 19.5 Å². The van der Waals surface area contributed by atoms with Crippen molar-refractivity contribution in [2.75, 3.05) is 13.1 Å². The Morgan fingerprint density at radius 1 is 1.20 bits per heavy atom. The average Bonchev–Trinajstić information content (AvgIpc) is 2.39. The number of aliphatic hydroxyl groups excluding tert-OH is 1. The normalized spacial score (nSPS) is 28.4. The van der Waals surface area contributed by atoms with E-state index in [1.807, 2.05) is 0 Å². The highest BCUT2D eigenvalue weighted by Gasteiger charge is 2.24. The largest absolute Gasteiger partial charge is 0.393 e. The van der Waals surface area contributed by atoms with Crippen LogP contribution in [-0.4, -0.2) is 35.2 Å². The maximum Gasteiger partial charge on any atom is 0.0580 e. The van der Waals surface area contributed by atoms with E-state index in [9.17, 15) is 5.11 Å². The third-order valence-corrected chi connectivity index (χ3v) is 3.72. The Labute approximate surface area is 94.7 Å². The highest BCUT2D eigenvalue weighted by molar-refractivity contribution is 4.77. The topological polar surface area (TPSA) is 23.5 Å². The molecule has 90 valence electrons. The molecule has 1 aliphatic carbocycles. The zero-order chi connectivity index (χ0) is 11.3. The van der Waals surface area contributed by atoms with Crippen molar-refractivity contribution in [2.45, 2.75) is 65.0 Å². The summed E-state index contributed by atoms with van der Waals surface area (Å²) in [5, 5.41) is 10.0. The Kier molecular flexibility index (Phi) is 5.62. The van der Waals surface area contributed by atoms with E-state index < -0.39 is 0 Å². The monoisotopic (exact) mass is 213 g/mol. The van der Waals surface area contributed by atoms with Crippen LogP contribution >= 0.6 is 0 Å². The fraction of sp³-hybridized carbons (Fsp3) is 1.00. The van der Waals surface area contributed by atoms with Gasteiger partial charge in [-0.05, 0) is 39.2 Å². The predicted octanol–water partition coefficient (Wildman–Crippen LogP) is 2.66. The summed E-state index contributed by atoms with van der Waals surface area (Å²) in [4.78, 5) is 2.47. The van der Waals surface area contributed by atoms with Crippen molar-refractivity contribution in [1.82, 2.24) is 4.90 Å². The van der Waals surface area contributed by atoms with Crippen molar-refractivity contribution in [3.05, 3.63) is 0 Å². The molecule has 0 aromatic carbocycles. The van der Waals surface area contributed by atoms with E-state index in [4.69, 9.17) is 0 Å². The third kappa shape index (κ3) is 4.12. The molecule has 0 radical (unpaired) electrons. The van der Waals surface area contributed by atoms with Crippen molar-refractivity contribution in [3.63, 3.8) is 0 Å². The first kappa shape index (κ1) is 13.0. The molecule has 2 atom stereocenters. The highest BCUT2D eigenvalue weighted by atomic mass is 16.3. The van der Waals surface area contributed by atoms with Gasteiger partial charge in [-0.25, -0.2) is 0 Å². The van der Waals surface area contributed by atoms with Crippen LogP contribution in [0.3, 0.4) is 0 Å². The van der Waals surface area contributed by atoms with Crippen LogP contribution in [0, 0.1) is 5.92 Å². The maximum absolute atomic E-state index is 10.0. The van der Waals surface area contributed by atoms with E-state index in [0.29, 0.717) is 12.0 Å². The average molecular weight is 213 g/mol. The van der Waals surface area contributed by atoms with E-state index in [-0.39, 0.29) is 6.10 Å². The number of aliphatic hydroxyl groups is 1. The predicted molar refractivity (Wildman–Crippen MR) is 65.0 cm³/mol. The van der Waals surface area contributed by atoms with Crippen molar-refractivity contribution < 1.29 is 5.11 Å². The summed E-state index contributed by atoms with van der Waals surface area (Å²) in [6.07, 6.45) is 6.00. The second-order valence-electron chi connectivity index (χ2n) is 5.15. The molecule has 0 saturated heterocycles. The maximum atomic E-state index is 10.0. The standard InChI is InChI=1S/C13H27NO/c1-4-14(11(2)3)10-12-8-6-5-7-9-13(12)15/h11-13,15H,4-10H2,1-3H3. The van der Waals surface area contributed by atoms with Crippen LogP contribution in [0.15, 0.2) is 0 Å². The number of rotatable bonds is 4. The van der Waals surface area contributed by atoms with E-state index in [1.54, 1.807) is 0 Å². The zero-order valence-corrected chi connectivity index (χ0v) is 10.6. The Morgan fingerprint density at radius 2 is 1.87 bits per heavy atom. The third-order valence-electron chi connectivity index (χ3n) is 3.72. The summed E-state index contributed by atoms with van der Waals surface area (Å²) in [7, 11) is 0. The van der Waals surface area contributed by atoms with Crippen LogP contribution in [0.5, 0.6) is 0 Å². The summed E-state index contributed by atoms with van der Waals surface area (Å²) in [6.45, 7) is 8.87. The second kappa shape index (κ2) is 6.49. The minimum Gasteiger partial charge on any atom is -0.393 e. The lowest BCUT2D eigenvalue weighted by molar-refractivity contribution is 0.0666. The van der Waals surface area contributed by atoms with Gasteiger partial charge in [0.05, 0.1) is 6.10 Å². The first-order valence-corrected chi connectivity index (χ1v) is 6.57. The second-order valence-corrected chi connectivity index (χ2v) is 5.15. The fourth-order valence-electron chi connectivity index (χ4n) is 2.58. The van der Waals surface area contributed by atoms with Gasteiger partial charge in [0.25, 0.3) is 0 Å². The Bertz CT molecular complexity index is 170. The minimum absolute atomic E-state index is 0.0553. The molecule has 1 saturated carbocycles. The van der Waals surface area contributed by atoms with Crippen molar-refractivity contribution in [1.29, 1.82) is 0 Å². The molecule has 1 aliphatic rings. The van der Waals surface area contributed by atoms with Crippen LogP contribution in [0.1, 0.15) is 52.9 Å². The Hall–Kier alpha value is -0.0800. The smallest absolute Gasteiger partial charge is 0.0580 e. The van der Waals surface area contributed by atoms with Gasteiger partial charge >= 0.3 is 0 Å². The lowest BCUT2D eigenvalue weighted by atomic mass is 9.96. The first-order valence-electron chi connectivity index (χ1n) is 6.57. The van der Waals surface area contributed by atoms with Crippen LogP contribution in [0.4, 0.5) is 0 Å². The van der Waals surface area contributed by atoms with Gasteiger partial charge in [-0.15, -0.1) is 0 Å². The minimum atomic E-state index is -0.0553. The molecule has 0 aromatic rings. The molecular weight excluding hydrogens is 186 g/mol. The first-order chi connectivity index (χ1) is 7.15. The van der Waals surface area contributed by atoms with Crippen molar-refractivity contribution in [2.24, 2.45) is 5.92 Å². The molecule has 0 aliphatic heterocycles. The summed E-state index contributed by atoms with van der Waals surface area (Å²) in [6, 6.07) is 0.602. The Balaban J connectivity index is 2.45. The summed E-state index contributed by atoms with van der Waals surface area (Å²) in [5.41, 5.74) is 0. The van der Waals surface area contributed by atoms with Gasteiger partial charge in [-0.1, -0.05) is 26.2 Å². The SMILES string of the molecule is CCN(CC1CCCCCC1O)C(C)C. The van der Waals surface area contributed by atoms with Crippen molar-refractivity contribution >= 4 is 0 Å². The number of nitrogens with zero attached hydrogens (tertiary/aromatic N) is 1. The number of hydrogen-bond donors (Lipinski definition) is 1. The van der Waals surface area contributed by atoms with E-state index in [1.165, 1.54) is 25.7 Å². The van der Waals surface area contributed by atoms with Gasteiger partial charge in [0.15, 0.2) is 0 Å². The van der Waals surface area contributed by atoms with Gasteiger partial charge in [-0.2, -0.15) is 0 Å². The quantitative estimate of drug-likeness (QED) is 0.726. The molecule has 0 aromatic heterocycles. The lowest BCUT2D eigenvalue weighted by Gasteiger charge is -2.31. The molecule has 15 heavy (non-hydrogen) atoms. The molecule has 0 spiro atoms. The fourth-order valence-corrected chi connectivity index (χ4v) is 2.58. The van der Waals surface area contributed by atoms with Gasteiger partial charge in [0.2, 0.25) is 0 Å². The molecule has 1 N–H and O–H groups in total. The van der Waals surface area contributed by atoms with E-state index >= 15 is 0 Å². The van der Waals surface area contributed by atoms with Crippen LogP contribution in [0.2, 0.25) is 0 Å². The van der Waals surface area contributed by atoms with Crippen LogP contribution in [-0.2, 0) is 0 Å². The summed E-state index contributed by atoms with van der Waals surface area (Å²) in [5.74, 6) is 0.509. The molecule has 0 heterocycles. The molecule has 2 unspecified atom stereocenters. The molecule has 0 amide bonds. The van der Waals surface area contributed by atoms with Crippen LogP contribution < -0.4 is 0 Å². The molecule has 2 nitrogen and oxygen atoms in total.